The number of amides is 1. The molecule has 0 atom stereocenters. The van der Waals surface area contributed by atoms with Crippen molar-refractivity contribution in [3.63, 3.8) is 0 Å². The summed E-state index contributed by atoms with van der Waals surface area (Å²) in [7, 11) is -4.09. The van der Waals surface area contributed by atoms with Gasteiger partial charge in [-0.25, -0.2) is 22.7 Å². The van der Waals surface area contributed by atoms with Crippen LogP contribution < -0.4 is 10.5 Å². The second kappa shape index (κ2) is 6.83. The minimum atomic E-state index is -4.09. The number of esters is 1. The number of carbonyl (C=O) groups is 2. The van der Waals surface area contributed by atoms with Crippen molar-refractivity contribution >= 4 is 21.9 Å². The van der Waals surface area contributed by atoms with Crippen molar-refractivity contribution in [2.24, 2.45) is 5.14 Å². The lowest BCUT2D eigenvalue weighted by atomic mass is 10.2. The molecule has 7 nitrogen and oxygen atoms in total. The summed E-state index contributed by atoms with van der Waals surface area (Å²) in [5.41, 5.74) is -0.647. The molecule has 1 amide bonds. The molecule has 112 valence electrons. The number of hydrogen-bond acceptors (Lipinski definition) is 5. The Morgan fingerprint density at radius 1 is 1.43 bits per heavy atom. The van der Waals surface area contributed by atoms with Gasteiger partial charge in [0.1, 0.15) is 5.82 Å². The standard InChI is InChI=1S/C12H11FN2O5S/c1-2-5-15-11(16)7-20-12(17)9-6-8(21(14,18)19)3-4-10(9)13/h1,3-4,6H,5,7H2,(H,15,16)(H2,14,18,19). The van der Waals surface area contributed by atoms with E-state index in [-0.39, 0.29) is 6.54 Å². The molecule has 1 aromatic rings. The normalized spacial score (nSPS) is 10.5. The van der Waals surface area contributed by atoms with E-state index in [1.807, 2.05) is 0 Å². The Balaban J connectivity index is 2.84. The lowest BCUT2D eigenvalue weighted by Crippen LogP contribution is -2.29. The van der Waals surface area contributed by atoms with Crippen molar-refractivity contribution in [2.75, 3.05) is 13.2 Å². The summed E-state index contributed by atoms with van der Waals surface area (Å²) in [6.07, 6.45) is 4.91. The summed E-state index contributed by atoms with van der Waals surface area (Å²) in [6.45, 7) is -0.731. The van der Waals surface area contributed by atoms with Crippen molar-refractivity contribution in [3.05, 3.63) is 29.6 Å². The summed E-state index contributed by atoms with van der Waals surface area (Å²) < 4.78 is 40.3. The number of primary sulfonamides is 1. The number of benzene rings is 1. The van der Waals surface area contributed by atoms with Crippen LogP contribution in [-0.2, 0) is 19.6 Å². The van der Waals surface area contributed by atoms with Crippen molar-refractivity contribution in [2.45, 2.75) is 4.90 Å². The van der Waals surface area contributed by atoms with Gasteiger partial charge in [0.25, 0.3) is 5.91 Å². The molecule has 21 heavy (non-hydrogen) atoms. The second-order valence-corrected chi connectivity index (χ2v) is 5.31. The van der Waals surface area contributed by atoms with Crippen LogP contribution >= 0.6 is 0 Å². The summed E-state index contributed by atoms with van der Waals surface area (Å²) in [5, 5.41) is 7.10. The predicted molar refractivity (Wildman–Crippen MR) is 69.9 cm³/mol. The van der Waals surface area contributed by atoms with Gasteiger partial charge < -0.3 is 10.1 Å². The van der Waals surface area contributed by atoms with E-state index in [0.717, 1.165) is 18.2 Å². The highest BCUT2D eigenvalue weighted by molar-refractivity contribution is 7.89. The van der Waals surface area contributed by atoms with Gasteiger partial charge >= 0.3 is 5.97 Å². The minimum absolute atomic E-state index is 0.0500. The van der Waals surface area contributed by atoms with E-state index in [1.54, 1.807) is 0 Å². The number of hydrogen-bond donors (Lipinski definition) is 2. The monoisotopic (exact) mass is 314 g/mol. The minimum Gasteiger partial charge on any atom is -0.452 e. The number of halogens is 1. The molecule has 3 N–H and O–H groups in total. The third-order valence-electron chi connectivity index (χ3n) is 2.21. The third-order valence-corrected chi connectivity index (χ3v) is 3.12. The molecule has 0 heterocycles. The van der Waals surface area contributed by atoms with E-state index >= 15 is 0 Å². The van der Waals surface area contributed by atoms with Crippen LogP contribution in [0.2, 0.25) is 0 Å². The molecule has 1 aromatic carbocycles. The van der Waals surface area contributed by atoms with Crippen molar-refractivity contribution in [1.29, 1.82) is 0 Å². The Morgan fingerprint density at radius 2 is 2.10 bits per heavy atom. The summed E-state index contributed by atoms with van der Waals surface area (Å²) >= 11 is 0. The van der Waals surface area contributed by atoms with Gasteiger partial charge in [0.05, 0.1) is 17.0 Å². The molecule has 0 bridgehead atoms. The maximum atomic E-state index is 13.5. The van der Waals surface area contributed by atoms with E-state index in [9.17, 15) is 22.4 Å². The number of rotatable bonds is 5. The highest BCUT2D eigenvalue weighted by Gasteiger charge is 2.18. The van der Waals surface area contributed by atoms with Crippen molar-refractivity contribution < 1.29 is 27.1 Å². The van der Waals surface area contributed by atoms with Gasteiger partial charge in [0, 0.05) is 0 Å². The van der Waals surface area contributed by atoms with Gasteiger partial charge in [0.2, 0.25) is 10.0 Å². The van der Waals surface area contributed by atoms with Crippen molar-refractivity contribution in [1.82, 2.24) is 5.32 Å². The Labute approximate surface area is 120 Å². The zero-order valence-electron chi connectivity index (χ0n) is 10.6. The number of terminal acetylenes is 1. The van der Waals surface area contributed by atoms with Crippen LogP contribution in [0.5, 0.6) is 0 Å². The first-order valence-electron chi connectivity index (χ1n) is 5.45. The fraction of sp³-hybridized carbons (Fsp3) is 0.167. The summed E-state index contributed by atoms with van der Waals surface area (Å²) in [4.78, 5) is 22.3. The molecular formula is C12H11FN2O5S. The first-order valence-corrected chi connectivity index (χ1v) is 7.00. The van der Waals surface area contributed by atoms with Crippen LogP contribution in [0.3, 0.4) is 0 Å². The maximum absolute atomic E-state index is 13.5. The van der Waals surface area contributed by atoms with Crippen LogP contribution in [0, 0.1) is 18.2 Å². The Bertz CT molecular complexity index is 709. The first-order chi connectivity index (χ1) is 9.75. The van der Waals surface area contributed by atoms with Crippen LogP contribution in [0.15, 0.2) is 23.1 Å². The molecule has 0 fully saturated rings. The number of nitrogens with two attached hydrogens (primary N) is 1. The van der Waals surface area contributed by atoms with Gasteiger partial charge in [-0.05, 0) is 18.2 Å². The Kier molecular flexibility index (Phi) is 5.40. The zero-order valence-corrected chi connectivity index (χ0v) is 11.4. The molecule has 0 saturated heterocycles. The van der Waals surface area contributed by atoms with E-state index in [2.05, 4.69) is 16.0 Å². The van der Waals surface area contributed by atoms with E-state index in [1.165, 1.54) is 0 Å². The molecule has 0 saturated carbocycles. The Morgan fingerprint density at radius 3 is 2.67 bits per heavy atom. The summed E-state index contributed by atoms with van der Waals surface area (Å²) in [5.74, 6) is -0.742. The smallest absolute Gasteiger partial charge is 0.341 e. The molecule has 0 radical (unpaired) electrons. The molecule has 0 aliphatic rings. The number of sulfonamides is 1. The largest absolute Gasteiger partial charge is 0.452 e. The Hall–Kier alpha value is -2.44. The molecule has 1 rings (SSSR count). The van der Waals surface area contributed by atoms with Crippen LogP contribution in [0.1, 0.15) is 10.4 Å². The molecule has 0 aromatic heterocycles. The molecule has 0 aliphatic carbocycles. The van der Waals surface area contributed by atoms with Gasteiger partial charge in [-0.3, -0.25) is 4.79 Å². The molecule has 0 spiro atoms. The molecule has 0 aliphatic heterocycles. The first kappa shape index (κ1) is 16.6. The van der Waals surface area contributed by atoms with Crippen LogP contribution in [0.25, 0.3) is 0 Å². The van der Waals surface area contributed by atoms with Crippen molar-refractivity contribution in [3.8, 4) is 12.3 Å². The second-order valence-electron chi connectivity index (χ2n) is 3.74. The fourth-order valence-electron chi connectivity index (χ4n) is 1.25. The summed E-state index contributed by atoms with van der Waals surface area (Å²) in [6, 6.07) is 2.39. The molecule has 9 heteroatoms. The quantitative estimate of drug-likeness (QED) is 0.555. The molecular weight excluding hydrogens is 303 g/mol. The van der Waals surface area contributed by atoms with Gasteiger partial charge in [0.15, 0.2) is 6.61 Å². The highest BCUT2D eigenvalue weighted by Crippen LogP contribution is 2.15. The van der Waals surface area contributed by atoms with E-state index in [0.29, 0.717) is 0 Å². The lowest BCUT2D eigenvalue weighted by Gasteiger charge is -2.07. The predicted octanol–water partition coefficient (Wildman–Crippen LogP) is -0.621. The maximum Gasteiger partial charge on any atom is 0.341 e. The highest BCUT2D eigenvalue weighted by atomic mass is 32.2. The van der Waals surface area contributed by atoms with E-state index in [4.69, 9.17) is 11.6 Å². The lowest BCUT2D eigenvalue weighted by molar-refractivity contribution is -0.123. The SMILES string of the molecule is C#CCNC(=O)COC(=O)c1cc(S(N)(=O)=O)ccc1F. The van der Waals surface area contributed by atoms with E-state index < -0.39 is 44.8 Å². The van der Waals surface area contributed by atoms with Gasteiger partial charge in [-0.15, -0.1) is 6.42 Å². The third kappa shape index (κ3) is 4.87. The van der Waals surface area contributed by atoms with Gasteiger partial charge in [-0.2, -0.15) is 0 Å². The number of carbonyl (C=O) groups excluding carboxylic acids is 2. The fourth-order valence-corrected chi connectivity index (χ4v) is 1.79. The number of nitrogens with one attached hydrogen (secondary N) is 1. The number of ether oxygens (including phenoxy) is 1. The average molecular weight is 314 g/mol. The van der Waals surface area contributed by atoms with Gasteiger partial charge in [-0.1, -0.05) is 5.92 Å². The topological polar surface area (TPSA) is 116 Å². The zero-order chi connectivity index (χ0) is 16.0. The van der Waals surface area contributed by atoms with Crippen LogP contribution in [-0.4, -0.2) is 33.4 Å². The van der Waals surface area contributed by atoms with Crippen LogP contribution in [0.4, 0.5) is 4.39 Å². The molecule has 0 unspecified atom stereocenters. The average Bonchev–Trinajstić information content (AvgIpc) is 2.41.